The van der Waals surface area contributed by atoms with E-state index in [9.17, 15) is 12.8 Å². The zero-order chi connectivity index (χ0) is 15.9. The first-order chi connectivity index (χ1) is 9.88. The predicted molar refractivity (Wildman–Crippen MR) is 87.9 cm³/mol. The third-order valence-electron chi connectivity index (χ3n) is 2.91. The maximum absolute atomic E-state index is 13.2. The number of anilines is 1. The molecule has 0 aliphatic carbocycles. The summed E-state index contributed by atoms with van der Waals surface area (Å²) in [6.07, 6.45) is 5.98. The Morgan fingerprint density at radius 1 is 1.29 bits per heavy atom. The van der Waals surface area contributed by atoms with Gasteiger partial charge in [0, 0.05) is 6.54 Å². The standard InChI is InChI=1S/C13H20ClFN2O2S2/c1-20-7-5-3-2-4-6-17-21(18,19)13-9-12(16)11(15)8-10(13)14/h8-9,17H,2-7,16H2,1H3. The van der Waals surface area contributed by atoms with Gasteiger partial charge in [-0.15, -0.1) is 0 Å². The van der Waals surface area contributed by atoms with Gasteiger partial charge in [-0.2, -0.15) is 11.8 Å². The van der Waals surface area contributed by atoms with E-state index < -0.39 is 15.8 Å². The third-order valence-corrected chi connectivity index (χ3v) is 5.53. The van der Waals surface area contributed by atoms with Gasteiger partial charge in [-0.05, 0) is 37.0 Å². The number of rotatable bonds is 9. The zero-order valence-corrected chi connectivity index (χ0v) is 14.3. The van der Waals surface area contributed by atoms with Crippen molar-refractivity contribution >= 4 is 39.1 Å². The van der Waals surface area contributed by atoms with Crippen LogP contribution in [0.4, 0.5) is 10.1 Å². The van der Waals surface area contributed by atoms with Crippen LogP contribution in [0.15, 0.2) is 17.0 Å². The summed E-state index contributed by atoms with van der Waals surface area (Å²) in [7, 11) is -3.76. The Labute approximate surface area is 134 Å². The molecule has 1 rings (SSSR count). The molecule has 0 atom stereocenters. The molecule has 1 aromatic carbocycles. The van der Waals surface area contributed by atoms with E-state index in [1.54, 1.807) is 11.8 Å². The summed E-state index contributed by atoms with van der Waals surface area (Å²) >= 11 is 7.57. The molecule has 0 heterocycles. The SMILES string of the molecule is CSCCCCCCNS(=O)(=O)c1cc(N)c(F)cc1Cl. The first kappa shape index (κ1) is 18.5. The highest BCUT2D eigenvalue weighted by Gasteiger charge is 2.19. The summed E-state index contributed by atoms with van der Waals surface area (Å²) < 4.78 is 39.8. The number of thioether (sulfide) groups is 1. The molecule has 0 spiro atoms. The average molecular weight is 355 g/mol. The third kappa shape index (κ3) is 6.02. The van der Waals surface area contributed by atoms with Gasteiger partial charge in [0.1, 0.15) is 10.7 Å². The number of hydrogen-bond acceptors (Lipinski definition) is 4. The fourth-order valence-corrected chi connectivity index (χ4v) is 3.87. The van der Waals surface area contributed by atoms with Crippen molar-refractivity contribution in [1.29, 1.82) is 0 Å². The Bertz CT molecular complexity index is 568. The van der Waals surface area contributed by atoms with Crippen molar-refractivity contribution in [1.82, 2.24) is 4.72 Å². The minimum Gasteiger partial charge on any atom is -0.396 e. The number of nitrogen functional groups attached to an aromatic ring is 1. The second kappa shape index (κ2) is 8.82. The topological polar surface area (TPSA) is 72.2 Å². The Morgan fingerprint density at radius 3 is 2.62 bits per heavy atom. The average Bonchev–Trinajstić information content (AvgIpc) is 2.41. The molecule has 0 saturated carbocycles. The molecule has 0 fully saturated rings. The molecular weight excluding hydrogens is 335 g/mol. The van der Waals surface area contributed by atoms with Crippen molar-refractivity contribution in [2.24, 2.45) is 0 Å². The summed E-state index contributed by atoms with van der Waals surface area (Å²) in [6.45, 7) is 0.329. The van der Waals surface area contributed by atoms with E-state index in [2.05, 4.69) is 11.0 Å². The van der Waals surface area contributed by atoms with Gasteiger partial charge in [-0.25, -0.2) is 17.5 Å². The Kier molecular flexibility index (Phi) is 7.79. The van der Waals surface area contributed by atoms with E-state index in [1.165, 1.54) is 0 Å². The lowest BCUT2D eigenvalue weighted by atomic mass is 10.2. The van der Waals surface area contributed by atoms with Crippen molar-refractivity contribution < 1.29 is 12.8 Å². The minimum atomic E-state index is -3.76. The molecule has 0 aliphatic heterocycles. The van der Waals surface area contributed by atoms with Crippen LogP contribution in [0.3, 0.4) is 0 Å². The molecule has 1 aromatic rings. The first-order valence-electron chi connectivity index (χ1n) is 6.61. The molecule has 0 radical (unpaired) electrons. The van der Waals surface area contributed by atoms with E-state index in [1.807, 2.05) is 0 Å². The number of unbranched alkanes of at least 4 members (excludes halogenated alkanes) is 3. The van der Waals surface area contributed by atoms with Crippen LogP contribution in [-0.2, 0) is 10.0 Å². The Morgan fingerprint density at radius 2 is 1.95 bits per heavy atom. The van der Waals surface area contributed by atoms with Crippen molar-refractivity contribution in [3.05, 3.63) is 23.0 Å². The maximum atomic E-state index is 13.2. The monoisotopic (exact) mass is 354 g/mol. The number of nitrogens with two attached hydrogens (primary N) is 1. The highest BCUT2D eigenvalue weighted by atomic mass is 35.5. The van der Waals surface area contributed by atoms with E-state index in [-0.39, 0.29) is 15.6 Å². The van der Waals surface area contributed by atoms with Gasteiger partial charge in [0.15, 0.2) is 0 Å². The zero-order valence-electron chi connectivity index (χ0n) is 11.9. The van der Waals surface area contributed by atoms with Gasteiger partial charge in [0.25, 0.3) is 0 Å². The molecule has 0 unspecified atom stereocenters. The van der Waals surface area contributed by atoms with Gasteiger partial charge in [0.2, 0.25) is 10.0 Å². The molecule has 120 valence electrons. The molecule has 0 amide bonds. The van der Waals surface area contributed by atoms with Gasteiger partial charge in [0.05, 0.1) is 10.7 Å². The van der Waals surface area contributed by atoms with Gasteiger partial charge in [-0.1, -0.05) is 24.4 Å². The summed E-state index contributed by atoms with van der Waals surface area (Å²) in [4.78, 5) is -0.189. The maximum Gasteiger partial charge on any atom is 0.242 e. The number of sulfonamides is 1. The molecule has 4 nitrogen and oxygen atoms in total. The van der Waals surface area contributed by atoms with Crippen molar-refractivity contribution in [3.8, 4) is 0 Å². The normalized spacial score (nSPS) is 11.8. The van der Waals surface area contributed by atoms with Crippen LogP contribution in [0.2, 0.25) is 5.02 Å². The van der Waals surface area contributed by atoms with Crippen LogP contribution in [0, 0.1) is 5.82 Å². The van der Waals surface area contributed by atoms with Gasteiger partial charge < -0.3 is 5.73 Å². The molecule has 0 saturated heterocycles. The van der Waals surface area contributed by atoms with Crippen LogP contribution in [0.5, 0.6) is 0 Å². The molecule has 8 heteroatoms. The van der Waals surface area contributed by atoms with Crippen molar-refractivity contribution in [3.63, 3.8) is 0 Å². The number of nitrogens with one attached hydrogen (secondary N) is 1. The fourth-order valence-electron chi connectivity index (χ4n) is 1.76. The van der Waals surface area contributed by atoms with Crippen LogP contribution in [0.1, 0.15) is 25.7 Å². The number of halogens is 2. The lowest BCUT2D eigenvalue weighted by molar-refractivity contribution is 0.573. The van der Waals surface area contributed by atoms with Crippen molar-refractivity contribution in [2.75, 3.05) is 24.3 Å². The molecular formula is C13H20ClFN2O2S2. The van der Waals surface area contributed by atoms with E-state index in [0.717, 1.165) is 43.6 Å². The predicted octanol–water partition coefficient (Wildman–Crippen LogP) is 3.26. The lowest BCUT2D eigenvalue weighted by Gasteiger charge is -2.09. The summed E-state index contributed by atoms with van der Waals surface area (Å²) in [5.41, 5.74) is 5.14. The quantitative estimate of drug-likeness (QED) is 0.527. The fraction of sp³-hybridized carbons (Fsp3) is 0.538. The lowest BCUT2D eigenvalue weighted by Crippen LogP contribution is -2.25. The second-order valence-electron chi connectivity index (χ2n) is 4.61. The molecule has 0 aliphatic rings. The van der Waals surface area contributed by atoms with E-state index >= 15 is 0 Å². The number of benzene rings is 1. The highest BCUT2D eigenvalue weighted by molar-refractivity contribution is 7.98. The van der Waals surface area contributed by atoms with Crippen LogP contribution < -0.4 is 10.5 Å². The van der Waals surface area contributed by atoms with Crippen LogP contribution in [0.25, 0.3) is 0 Å². The smallest absolute Gasteiger partial charge is 0.242 e. The van der Waals surface area contributed by atoms with Gasteiger partial charge in [-0.3, -0.25) is 0 Å². The molecule has 0 aromatic heterocycles. The molecule has 0 bridgehead atoms. The highest BCUT2D eigenvalue weighted by Crippen LogP contribution is 2.26. The number of hydrogen-bond donors (Lipinski definition) is 2. The first-order valence-corrected chi connectivity index (χ1v) is 9.87. The van der Waals surface area contributed by atoms with Crippen LogP contribution in [-0.4, -0.2) is 27.0 Å². The van der Waals surface area contributed by atoms with E-state index in [0.29, 0.717) is 6.54 Å². The summed E-state index contributed by atoms with van der Waals surface area (Å²) in [5.74, 6) is 0.392. The largest absolute Gasteiger partial charge is 0.396 e. The molecule has 3 N–H and O–H groups in total. The Hall–Kier alpha value is -0.500. The molecule has 21 heavy (non-hydrogen) atoms. The van der Waals surface area contributed by atoms with E-state index in [4.69, 9.17) is 17.3 Å². The second-order valence-corrected chi connectivity index (χ2v) is 7.74. The minimum absolute atomic E-state index is 0.172. The summed E-state index contributed by atoms with van der Waals surface area (Å²) in [6, 6.07) is 1.95. The van der Waals surface area contributed by atoms with Gasteiger partial charge >= 0.3 is 0 Å². The van der Waals surface area contributed by atoms with Crippen LogP contribution >= 0.6 is 23.4 Å². The summed E-state index contributed by atoms with van der Waals surface area (Å²) in [5, 5.41) is -0.172. The Balaban J connectivity index is 2.53. The van der Waals surface area contributed by atoms with Crippen molar-refractivity contribution in [2.45, 2.75) is 30.6 Å².